The molecule has 0 aliphatic carbocycles. The van der Waals surface area contributed by atoms with Gasteiger partial charge in [0, 0.05) is 25.2 Å². The molecule has 0 radical (unpaired) electrons. The summed E-state index contributed by atoms with van der Waals surface area (Å²) < 4.78 is 31.5. The molecular weight excluding hydrogens is 252 g/mol. The van der Waals surface area contributed by atoms with Crippen LogP contribution in [0, 0.1) is 0 Å². The summed E-state index contributed by atoms with van der Waals surface area (Å²) in [6, 6.07) is 6.52. The number of hydrogen-bond donors (Lipinski definition) is 1. The third-order valence-corrected chi connectivity index (χ3v) is 4.80. The molecule has 1 saturated heterocycles. The number of sulfonamides is 1. The molecule has 1 heterocycles. The molecule has 1 aliphatic heterocycles. The summed E-state index contributed by atoms with van der Waals surface area (Å²) in [5.41, 5.74) is 5.75. The first kappa shape index (κ1) is 13.3. The van der Waals surface area contributed by atoms with Gasteiger partial charge in [0.05, 0.1) is 11.5 Å². The second kappa shape index (κ2) is 5.26. The largest absolute Gasteiger partial charge is 0.494 e. The van der Waals surface area contributed by atoms with Crippen molar-refractivity contribution >= 4 is 10.0 Å². The minimum Gasteiger partial charge on any atom is -0.494 e. The maximum Gasteiger partial charge on any atom is 0.243 e. The smallest absolute Gasteiger partial charge is 0.243 e. The van der Waals surface area contributed by atoms with Gasteiger partial charge in [-0.3, -0.25) is 0 Å². The van der Waals surface area contributed by atoms with Gasteiger partial charge in [-0.15, -0.1) is 0 Å². The van der Waals surface area contributed by atoms with Gasteiger partial charge in [0.1, 0.15) is 5.75 Å². The van der Waals surface area contributed by atoms with Crippen LogP contribution in [-0.4, -0.2) is 38.5 Å². The van der Waals surface area contributed by atoms with Crippen molar-refractivity contribution in [2.24, 2.45) is 5.73 Å². The summed E-state index contributed by atoms with van der Waals surface area (Å²) in [5.74, 6) is 0.571. The average molecular weight is 270 g/mol. The van der Waals surface area contributed by atoms with E-state index in [-0.39, 0.29) is 10.9 Å². The SMILES string of the molecule is CCOc1cccc(S(=O)(=O)N2CCC(N)C2)c1. The predicted molar refractivity (Wildman–Crippen MR) is 69.0 cm³/mol. The Balaban J connectivity index is 2.26. The van der Waals surface area contributed by atoms with Crippen molar-refractivity contribution in [2.75, 3.05) is 19.7 Å². The molecule has 100 valence electrons. The summed E-state index contributed by atoms with van der Waals surface area (Å²) in [6.07, 6.45) is 0.713. The lowest BCUT2D eigenvalue weighted by atomic mass is 10.3. The van der Waals surface area contributed by atoms with Crippen LogP contribution < -0.4 is 10.5 Å². The number of rotatable bonds is 4. The highest BCUT2D eigenvalue weighted by Crippen LogP contribution is 2.23. The lowest BCUT2D eigenvalue weighted by molar-refractivity contribution is 0.339. The van der Waals surface area contributed by atoms with Gasteiger partial charge >= 0.3 is 0 Å². The molecule has 0 aromatic heterocycles. The van der Waals surface area contributed by atoms with Gasteiger partial charge in [0.2, 0.25) is 10.0 Å². The highest BCUT2D eigenvalue weighted by molar-refractivity contribution is 7.89. The van der Waals surface area contributed by atoms with Crippen molar-refractivity contribution < 1.29 is 13.2 Å². The van der Waals surface area contributed by atoms with Gasteiger partial charge in [-0.05, 0) is 25.5 Å². The van der Waals surface area contributed by atoms with Crippen LogP contribution in [0.25, 0.3) is 0 Å². The molecule has 1 aliphatic rings. The van der Waals surface area contributed by atoms with Crippen LogP contribution >= 0.6 is 0 Å². The van der Waals surface area contributed by atoms with E-state index >= 15 is 0 Å². The summed E-state index contributed by atoms with van der Waals surface area (Å²) in [4.78, 5) is 0.266. The van der Waals surface area contributed by atoms with Gasteiger partial charge < -0.3 is 10.5 Å². The van der Waals surface area contributed by atoms with E-state index in [0.717, 1.165) is 0 Å². The molecule has 0 spiro atoms. The minimum absolute atomic E-state index is 0.0603. The fourth-order valence-electron chi connectivity index (χ4n) is 2.01. The van der Waals surface area contributed by atoms with E-state index in [9.17, 15) is 8.42 Å². The van der Waals surface area contributed by atoms with Gasteiger partial charge in [-0.1, -0.05) is 6.07 Å². The van der Waals surface area contributed by atoms with Crippen LogP contribution in [0.5, 0.6) is 5.75 Å². The molecule has 1 atom stereocenters. The van der Waals surface area contributed by atoms with Gasteiger partial charge in [-0.2, -0.15) is 4.31 Å². The molecule has 2 N–H and O–H groups in total. The zero-order valence-electron chi connectivity index (χ0n) is 10.4. The molecule has 2 rings (SSSR count). The molecule has 18 heavy (non-hydrogen) atoms. The monoisotopic (exact) mass is 270 g/mol. The predicted octanol–water partition coefficient (Wildman–Crippen LogP) is 0.807. The fourth-order valence-corrected chi connectivity index (χ4v) is 3.56. The first-order valence-corrected chi connectivity index (χ1v) is 7.46. The maximum atomic E-state index is 12.4. The number of benzene rings is 1. The van der Waals surface area contributed by atoms with Crippen molar-refractivity contribution in [3.8, 4) is 5.75 Å². The highest BCUT2D eigenvalue weighted by Gasteiger charge is 2.30. The average Bonchev–Trinajstić information content (AvgIpc) is 2.77. The Hall–Kier alpha value is -1.11. The van der Waals surface area contributed by atoms with Crippen LogP contribution in [0.1, 0.15) is 13.3 Å². The van der Waals surface area contributed by atoms with Gasteiger partial charge in [-0.25, -0.2) is 8.42 Å². The van der Waals surface area contributed by atoms with Crippen LogP contribution in [0.3, 0.4) is 0 Å². The van der Waals surface area contributed by atoms with Crippen molar-refractivity contribution in [2.45, 2.75) is 24.3 Å². The van der Waals surface area contributed by atoms with Crippen LogP contribution in [-0.2, 0) is 10.0 Å². The lowest BCUT2D eigenvalue weighted by Crippen LogP contribution is -2.31. The zero-order chi connectivity index (χ0) is 13.2. The van der Waals surface area contributed by atoms with Crippen molar-refractivity contribution in [1.82, 2.24) is 4.31 Å². The number of hydrogen-bond acceptors (Lipinski definition) is 4. The summed E-state index contributed by atoms with van der Waals surface area (Å²) in [5, 5.41) is 0. The minimum atomic E-state index is -3.44. The van der Waals surface area contributed by atoms with Crippen molar-refractivity contribution in [3.63, 3.8) is 0 Å². The Kier molecular flexibility index (Phi) is 3.89. The van der Waals surface area contributed by atoms with E-state index < -0.39 is 10.0 Å². The summed E-state index contributed by atoms with van der Waals surface area (Å²) in [7, 11) is -3.44. The van der Waals surface area contributed by atoms with E-state index in [0.29, 0.717) is 31.9 Å². The highest BCUT2D eigenvalue weighted by atomic mass is 32.2. The zero-order valence-corrected chi connectivity index (χ0v) is 11.2. The Labute approximate surface area is 108 Å². The molecule has 1 aromatic rings. The molecule has 6 heteroatoms. The first-order valence-electron chi connectivity index (χ1n) is 6.02. The second-order valence-corrected chi connectivity index (χ2v) is 6.26. The van der Waals surface area contributed by atoms with E-state index in [4.69, 9.17) is 10.5 Å². The lowest BCUT2D eigenvalue weighted by Gasteiger charge is -2.16. The van der Waals surface area contributed by atoms with E-state index in [1.165, 1.54) is 4.31 Å². The third kappa shape index (κ3) is 2.66. The Morgan fingerprint density at radius 3 is 2.89 bits per heavy atom. The summed E-state index contributed by atoms with van der Waals surface area (Å²) >= 11 is 0. The molecule has 1 unspecified atom stereocenters. The van der Waals surface area contributed by atoms with E-state index in [1.807, 2.05) is 6.92 Å². The van der Waals surface area contributed by atoms with Crippen LogP contribution in [0.15, 0.2) is 29.2 Å². The maximum absolute atomic E-state index is 12.4. The topological polar surface area (TPSA) is 72.6 Å². The second-order valence-electron chi connectivity index (χ2n) is 4.32. The Morgan fingerprint density at radius 2 is 2.28 bits per heavy atom. The Morgan fingerprint density at radius 1 is 1.50 bits per heavy atom. The molecule has 1 fully saturated rings. The molecule has 5 nitrogen and oxygen atoms in total. The van der Waals surface area contributed by atoms with Crippen LogP contribution in [0.4, 0.5) is 0 Å². The number of ether oxygens (including phenoxy) is 1. The Bertz CT molecular complexity index is 516. The molecule has 0 saturated carbocycles. The molecular formula is C12H18N2O3S. The molecule has 0 amide bonds. The summed E-state index contributed by atoms with van der Waals surface area (Å²) in [6.45, 7) is 3.25. The first-order chi connectivity index (χ1) is 8.54. The van der Waals surface area contributed by atoms with Crippen molar-refractivity contribution in [3.05, 3.63) is 24.3 Å². The number of nitrogens with two attached hydrogens (primary N) is 1. The third-order valence-electron chi connectivity index (χ3n) is 2.94. The van der Waals surface area contributed by atoms with Crippen LogP contribution in [0.2, 0.25) is 0 Å². The van der Waals surface area contributed by atoms with Gasteiger partial charge in [0.25, 0.3) is 0 Å². The molecule has 1 aromatic carbocycles. The normalized spacial score (nSPS) is 21.1. The molecule has 0 bridgehead atoms. The number of nitrogens with zero attached hydrogens (tertiary/aromatic N) is 1. The van der Waals surface area contributed by atoms with Gasteiger partial charge in [0.15, 0.2) is 0 Å². The van der Waals surface area contributed by atoms with Crippen molar-refractivity contribution in [1.29, 1.82) is 0 Å². The van der Waals surface area contributed by atoms with E-state index in [2.05, 4.69) is 0 Å². The standard InChI is InChI=1S/C12H18N2O3S/c1-2-17-11-4-3-5-12(8-11)18(15,16)14-7-6-10(13)9-14/h3-5,8,10H,2,6-7,9,13H2,1H3. The fraction of sp³-hybridized carbons (Fsp3) is 0.500. The van der Waals surface area contributed by atoms with E-state index in [1.54, 1.807) is 24.3 Å². The quantitative estimate of drug-likeness (QED) is 0.878.